The highest BCUT2D eigenvalue weighted by Crippen LogP contribution is 2.46. The molecule has 1 atom stereocenters. The molecule has 1 aliphatic heterocycles. The van der Waals surface area contributed by atoms with Gasteiger partial charge in [-0.2, -0.15) is 0 Å². The molecule has 0 bridgehead atoms. The second-order valence-corrected chi connectivity index (χ2v) is 9.22. The molecule has 1 heterocycles. The summed E-state index contributed by atoms with van der Waals surface area (Å²) in [5.74, 6) is 0.0805. The standard InChI is InChI=1S/C25H28N4O3/c1-25(2)14-19-21(20(30)15-25)22(29(4)24(32)28(19)3)16-10-12-18(13-11-16)27-23(31)26-17-8-6-5-7-9-17/h5-13,22H,14-15H2,1-4H3,(H2,26,27,31). The number of amides is 4. The number of hydrogen-bond acceptors (Lipinski definition) is 3. The normalized spacial score (nSPS) is 20.2. The zero-order valence-electron chi connectivity index (χ0n) is 18.8. The van der Waals surface area contributed by atoms with E-state index in [0.29, 0.717) is 29.8 Å². The lowest BCUT2D eigenvalue weighted by Crippen LogP contribution is -2.50. The van der Waals surface area contributed by atoms with E-state index in [9.17, 15) is 14.4 Å². The molecule has 2 aromatic carbocycles. The van der Waals surface area contributed by atoms with Crippen LogP contribution in [0.25, 0.3) is 0 Å². The van der Waals surface area contributed by atoms with Crippen molar-refractivity contribution < 1.29 is 14.4 Å². The van der Waals surface area contributed by atoms with Crippen molar-refractivity contribution in [2.75, 3.05) is 24.7 Å². The van der Waals surface area contributed by atoms with Gasteiger partial charge in [-0.25, -0.2) is 9.59 Å². The Morgan fingerprint density at radius 1 is 0.906 bits per heavy atom. The van der Waals surface area contributed by atoms with E-state index >= 15 is 0 Å². The van der Waals surface area contributed by atoms with Crippen molar-refractivity contribution in [1.29, 1.82) is 0 Å². The number of urea groups is 2. The molecular weight excluding hydrogens is 404 g/mol. The predicted molar refractivity (Wildman–Crippen MR) is 124 cm³/mol. The molecule has 0 radical (unpaired) electrons. The zero-order chi connectivity index (χ0) is 23.0. The number of nitrogens with one attached hydrogen (secondary N) is 2. The lowest BCUT2D eigenvalue weighted by atomic mass is 9.72. The lowest BCUT2D eigenvalue weighted by Gasteiger charge is -2.45. The van der Waals surface area contributed by atoms with E-state index in [1.807, 2.05) is 42.5 Å². The van der Waals surface area contributed by atoms with Crippen molar-refractivity contribution in [3.05, 3.63) is 71.4 Å². The van der Waals surface area contributed by atoms with E-state index in [0.717, 1.165) is 11.3 Å². The van der Waals surface area contributed by atoms with Crippen molar-refractivity contribution in [2.45, 2.75) is 32.7 Å². The number of anilines is 2. The number of rotatable bonds is 3. The van der Waals surface area contributed by atoms with Crippen LogP contribution in [0.3, 0.4) is 0 Å². The summed E-state index contributed by atoms with van der Waals surface area (Å²) < 4.78 is 0. The number of hydrogen-bond donors (Lipinski definition) is 2. The monoisotopic (exact) mass is 432 g/mol. The number of ketones is 1. The summed E-state index contributed by atoms with van der Waals surface area (Å²) in [7, 11) is 3.46. The number of carbonyl (C=O) groups excluding carboxylic acids is 3. The minimum Gasteiger partial charge on any atom is -0.316 e. The molecule has 4 rings (SSSR count). The first-order valence-corrected chi connectivity index (χ1v) is 10.7. The molecule has 0 saturated heterocycles. The summed E-state index contributed by atoms with van der Waals surface area (Å²) in [5.41, 5.74) is 3.48. The fourth-order valence-electron chi connectivity index (χ4n) is 4.52. The fourth-order valence-corrected chi connectivity index (χ4v) is 4.52. The Labute approximate surface area is 188 Å². The Bertz CT molecular complexity index is 1090. The average molecular weight is 433 g/mol. The molecule has 0 saturated carbocycles. The Kier molecular flexibility index (Phi) is 5.50. The highest BCUT2D eigenvalue weighted by molar-refractivity contribution is 6.02. The smallest absolute Gasteiger partial charge is 0.316 e. The maximum atomic E-state index is 13.1. The first-order chi connectivity index (χ1) is 15.2. The van der Waals surface area contributed by atoms with E-state index in [-0.39, 0.29) is 23.3 Å². The van der Waals surface area contributed by atoms with Gasteiger partial charge < -0.3 is 20.4 Å². The number of likely N-dealkylation sites (N-methyl/N-ethyl adjacent to an activating group) is 1. The van der Waals surface area contributed by atoms with E-state index in [1.54, 1.807) is 36.0 Å². The highest BCUT2D eigenvalue weighted by Gasteiger charge is 2.45. The third-order valence-electron chi connectivity index (χ3n) is 6.07. The van der Waals surface area contributed by atoms with Crippen LogP contribution in [0.1, 0.15) is 38.3 Å². The Hall–Kier alpha value is -3.61. The van der Waals surface area contributed by atoms with Gasteiger partial charge in [0.2, 0.25) is 0 Å². The van der Waals surface area contributed by atoms with E-state index in [1.165, 1.54) is 0 Å². The minimum absolute atomic E-state index is 0.0805. The van der Waals surface area contributed by atoms with Crippen molar-refractivity contribution in [1.82, 2.24) is 9.80 Å². The Morgan fingerprint density at radius 2 is 1.50 bits per heavy atom. The summed E-state index contributed by atoms with van der Waals surface area (Å²) in [4.78, 5) is 41.5. The van der Waals surface area contributed by atoms with Gasteiger partial charge in [0.1, 0.15) is 0 Å². The number of Topliss-reactive ketones (excluding diaryl/α,β-unsaturated/α-hetero) is 1. The maximum absolute atomic E-state index is 13.1. The molecule has 2 aromatic rings. The van der Waals surface area contributed by atoms with Crippen LogP contribution in [0.2, 0.25) is 0 Å². The van der Waals surface area contributed by atoms with Gasteiger partial charge in [-0.05, 0) is 41.7 Å². The maximum Gasteiger partial charge on any atom is 0.324 e. The lowest BCUT2D eigenvalue weighted by molar-refractivity contribution is -0.119. The summed E-state index contributed by atoms with van der Waals surface area (Å²) in [6, 6.07) is 15.6. The van der Waals surface area contributed by atoms with Crippen LogP contribution in [-0.4, -0.2) is 41.7 Å². The highest BCUT2D eigenvalue weighted by atomic mass is 16.2. The zero-order valence-corrected chi connectivity index (χ0v) is 18.8. The van der Waals surface area contributed by atoms with Crippen molar-refractivity contribution in [3.8, 4) is 0 Å². The summed E-state index contributed by atoms with van der Waals surface area (Å²) >= 11 is 0. The van der Waals surface area contributed by atoms with Crippen LogP contribution in [0, 0.1) is 5.41 Å². The third kappa shape index (κ3) is 4.10. The van der Waals surface area contributed by atoms with Crippen LogP contribution in [0.4, 0.5) is 21.0 Å². The van der Waals surface area contributed by atoms with Gasteiger partial charge in [0.15, 0.2) is 5.78 Å². The number of allylic oxidation sites excluding steroid dienone is 1. The molecule has 0 spiro atoms. The molecule has 7 nitrogen and oxygen atoms in total. The van der Waals surface area contributed by atoms with Crippen LogP contribution in [-0.2, 0) is 4.79 Å². The molecular formula is C25H28N4O3. The van der Waals surface area contributed by atoms with Gasteiger partial charge >= 0.3 is 12.1 Å². The molecule has 166 valence electrons. The van der Waals surface area contributed by atoms with Crippen molar-refractivity contribution in [2.24, 2.45) is 5.41 Å². The topological polar surface area (TPSA) is 81.8 Å². The SMILES string of the molecule is CN1C(=O)N(C)C(c2ccc(NC(=O)Nc3ccccc3)cc2)C2=C1CC(C)(C)CC2=O. The number of carbonyl (C=O) groups is 3. The van der Waals surface area contributed by atoms with Crippen LogP contribution in [0.15, 0.2) is 65.9 Å². The quantitative estimate of drug-likeness (QED) is 0.715. The molecule has 2 N–H and O–H groups in total. The predicted octanol–water partition coefficient (Wildman–Crippen LogP) is 5.01. The molecule has 0 aromatic heterocycles. The third-order valence-corrected chi connectivity index (χ3v) is 6.07. The van der Waals surface area contributed by atoms with E-state index < -0.39 is 6.04 Å². The van der Waals surface area contributed by atoms with Gasteiger partial charge in [-0.3, -0.25) is 4.79 Å². The molecule has 32 heavy (non-hydrogen) atoms. The van der Waals surface area contributed by atoms with Gasteiger partial charge in [0.25, 0.3) is 0 Å². The molecule has 7 heteroatoms. The molecule has 0 fully saturated rings. The summed E-state index contributed by atoms with van der Waals surface area (Å²) in [6.45, 7) is 4.11. The number of benzene rings is 2. The minimum atomic E-state index is -0.440. The number of nitrogens with zero attached hydrogens (tertiary/aromatic N) is 2. The van der Waals surface area contributed by atoms with Gasteiger partial charge in [0, 0.05) is 43.2 Å². The first-order valence-electron chi connectivity index (χ1n) is 10.7. The molecule has 4 amide bonds. The largest absolute Gasteiger partial charge is 0.324 e. The van der Waals surface area contributed by atoms with Crippen LogP contribution < -0.4 is 10.6 Å². The second-order valence-electron chi connectivity index (χ2n) is 9.22. The first kappa shape index (κ1) is 21.6. The summed E-state index contributed by atoms with van der Waals surface area (Å²) in [6.07, 6.45) is 1.14. The Balaban J connectivity index is 1.58. The van der Waals surface area contributed by atoms with Gasteiger partial charge in [-0.1, -0.05) is 44.2 Å². The molecule has 1 aliphatic carbocycles. The average Bonchev–Trinajstić information content (AvgIpc) is 2.74. The molecule has 2 aliphatic rings. The summed E-state index contributed by atoms with van der Waals surface area (Å²) in [5, 5.41) is 5.58. The van der Waals surface area contributed by atoms with Crippen LogP contribution in [0.5, 0.6) is 0 Å². The number of para-hydroxylation sites is 1. The van der Waals surface area contributed by atoms with Crippen molar-refractivity contribution in [3.63, 3.8) is 0 Å². The second kappa shape index (κ2) is 8.15. The van der Waals surface area contributed by atoms with Gasteiger partial charge in [-0.15, -0.1) is 0 Å². The fraction of sp³-hybridized carbons (Fsp3) is 0.320. The van der Waals surface area contributed by atoms with Gasteiger partial charge in [0.05, 0.1) is 6.04 Å². The van der Waals surface area contributed by atoms with E-state index in [4.69, 9.17) is 0 Å². The van der Waals surface area contributed by atoms with Crippen molar-refractivity contribution >= 4 is 29.2 Å². The van der Waals surface area contributed by atoms with E-state index in [2.05, 4.69) is 24.5 Å². The van der Waals surface area contributed by atoms with Crippen LogP contribution >= 0.6 is 0 Å². The Morgan fingerprint density at radius 3 is 2.12 bits per heavy atom. The molecule has 1 unspecified atom stereocenters.